The summed E-state index contributed by atoms with van der Waals surface area (Å²) in [6.45, 7) is -0.407. The maximum Gasteiger partial charge on any atom is 0.326 e. The Bertz CT molecular complexity index is 1080. The number of rotatable bonds is 7. The SMILES string of the molecule is O=C(Cn1nc(-c2ccccc2Cl)ccc1=O)NC(Cc1ccccc1)C(=O)O. The molecule has 2 aromatic carbocycles. The van der Waals surface area contributed by atoms with E-state index in [9.17, 15) is 19.5 Å². The van der Waals surface area contributed by atoms with Crippen molar-refractivity contribution in [2.45, 2.75) is 19.0 Å². The van der Waals surface area contributed by atoms with E-state index in [1.54, 1.807) is 48.5 Å². The number of hydrogen-bond donors (Lipinski definition) is 2. The predicted octanol–water partition coefficient (Wildman–Crippen LogP) is 2.38. The standard InChI is InChI=1S/C21H18ClN3O4/c22-16-9-5-4-8-15(16)17-10-11-20(27)25(24-17)13-19(26)23-18(21(28)29)12-14-6-2-1-3-7-14/h1-11,18H,12-13H2,(H,23,26)(H,28,29). The minimum atomic E-state index is -1.16. The van der Waals surface area contributed by atoms with E-state index in [0.29, 0.717) is 16.3 Å². The van der Waals surface area contributed by atoms with Crippen molar-refractivity contribution in [3.8, 4) is 11.3 Å². The zero-order valence-corrected chi connectivity index (χ0v) is 16.0. The first-order valence-electron chi connectivity index (χ1n) is 8.83. The Hall–Kier alpha value is -3.45. The molecule has 8 heteroatoms. The quantitative estimate of drug-likeness (QED) is 0.621. The molecule has 0 aliphatic carbocycles. The van der Waals surface area contributed by atoms with Gasteiger partial charge in [-0.25, -0.2) is 9.48 Å². The molecular weight excluding hydrogens is 394 g/mol. The summed E-state index contributed by atoms with van der Waals surface area (Å²) in [5.74, 6) is -1.79. The number of carboxylic acid groups (broad SMARTS) is 1. The lowest BCUT2D eigenvalue weighted by Gasteiger charge is -2.15. The molecule has 1 aromatic heterocycles. The molecule has 148 valence electrons. The summed E-state index contributed by atoms with van der Waals surface area (Å²) in [6.07, 6.45) is 0.129. The molecule has 1 heterocycles. The van der Waals surface area contributed by atoms with Gasteiger partial charge in [-0.1, -0.05) is 60.1 Å². The van der Waals surface area contributed by atoms with Gasteiger partial charge in [0.2, 0.25) is 5.91 Å². The van der Waals surface area contributed by atoms with Crippen molar-refractivity contribution < 1.29 is 14.7 Å². The van der Waals surface area contributed by atoms with Crippen molar-refractivity contribution in [1.29, 1.82) is 0 Å². The topological polar surface area (TPSA) is 101 Å². The number of halogens is 1. The molecule has 0 saturated carbocycles. The van der Waals surface area contributed by atoms with Gasteiger partial charge in [-0.2, -0.15) is 5.10 Å². The first kappa shape index (κ1) is 20.3. The average molecular weight is 412 g/mol. The van der Waals surface area contributed by atoms with Gasteiger partial charge in [0.1, 0.15) is 12.6 Å². The second kappa shape index (κ2) is 9.16. The van der Waals surface area contributed by atoms with Gasteiger partial charge in [-0.15, -0.1) is 0 Å². The number of hydrogen-bond acceptors (Lipinski definition) is 4. The molecule has 0 fully saturated rings. The summed E-state index contributed by atoms with van der Waals surface area (Å²) >= 11 is 6.17. The van der Waals surface area contributed by atoms with Crippen LogP contribution in [0.1, 0.15) is 5.56 Å². The minimum Gasteiger partial charge on any atom is -0.480 e. The molecule has 0 aliphatic rings. The molecule has 2 N–H and O–H groups in total. The summed E-state index contributed by atoms with van der Waals surface area (Å²) in [4.78, 5) is 36.0. The van der Waals surface area contributed by atoms with Crippen molar-refractivity contribution in [1.82, 2.24) is 15.1 Å². The van der Waals surface area contributed by atoms with Crippen LogP contribution in [0.4, 0.5) is 0 Å². The largest absolute Gasteiger partial charge is 0.480 e. The Labute approximate surface area is 171 Å². The lowest BCUT2D eigenvalue weighted by molar-refractivity contribution is -0.141. The van der Waals surface area contributed by atoms with Crippen LogP contribution >= 0.6 is 11.6 Å². The van der Waals surface area contributed by atoms with Crippen molar-refractivity contribution in [3.63, 3.8) is 0 Å². The summed E-state index contributed by atoms with van der Waals surface area (Å²) in [5, 5.41) is 16.5. The van der Waals surface area contributed by atoms with Gasteiger partial charge in [0.15, 0.2) is 0 Å². The Balaban J connectivity index is 1.76. The minimum absolute atomic E-state index is 0.129. The fourth-order valence-corrected chi connectivity index (χ4v) is 3.03. The third kappa shape index (κ3) is 5.30. The van der Waals surface area contributed by atoms with Gasteiger partial charge >= 0.3 is 5.97 Å². The molecule has 0 saturated heterocycles. The van der Waals surface area contributed by atoms with Crippen LogP contribution in [-0.4, -0.2) is 32.8 Å². The number of nitrogens with zero attached hydrogens (tertiary/aromatic N) is 2. The molecule has 29 heavy (non-hydrogen) atoms. The lowest BCUT2D eigenvalue weighted by Crippen LogP contribution is -2.44. The Morgan fingerprint density at radius 2 is 1.72 bits per heavy atom. The number of aliphatic carboxylic acids is 1. The number of carbonyl (C=O) groups excluding carboxylic acids is 1. The van der Waals surface area contributed by atoms with Crippen LogP contribution in [0.3, 0.4) is 0 Å². The lowest BCUT2D eigenvalue weighted by atomic mass is 10.1. The van der Waals surface area contributed by atoms with Crippen LogP contribution in [0.15, 0.2) is 71.5 Å². The number of carbonyl (C=O) groups is 2. The van der Waals surface area contributed by atoms with Crippen LogP contribution in [0.25, 0.3) is 11.3 Å². The molecule has 1 amide bonds. The molecule has 0 aliphatic heterocycles. The number of benzene rings is 2. The maximum atomic E-state index is 12.4. The molecule has 3 rings (SSSR count). The van der Waals surface area contributed by atoms with E-state index in [2.05, 4.69) is 10.4 Å². The van der Waals surface area contributed by atoms with Crippen molar-refractivity contribution in [3.05, 3.63) is 87.7 Å². The smallest absolute Gasteiger partial charge is 0.326 e. The van der Waals surface area contributed by atoms with Gasteiger partial charge in [0, 0.05) is 18.1 Å². The fourth-order valence-electron chi connectivity index (χ4n) is 2.80. The fraction of sp³-hybridized carbons (Fsp3) is 0.143. The van der Waals surface area contributed by atoms with Gasteiger partial charge in [0.05, 0.1) is 10.7 Å². The van der Waals surface area contributed by atoms with Crippen LogP contribution in [-0.2, 0) is 22.6 Å². The van der Waals surface area contributed by atoms with Crippen molar-refractivity contribution in [2.24, 2.45) is 0 Å². The monoisotopic (exact) mass is 411 g/mol. The third-order valence-corrected chi connectivity index (χ3v) is 4.56. The molecule has 0 radical (unpaired) electrons. The highest BCUT2D eigenvalue weighted by molar-refractivity contribution is 6.33. The molecule has 7 nitrogen and oxygen atoms in total. The van der Waals surface area contributed by atoms with Gasteiger partial charge in [-0.05, 0) is 17.7 Å². The summed E-state index contributed by atoms with van der Waals surface area (Å²) in [7, 11) is 0. The first-order chi connectivity index (χ1) is 13.9. The summed E-state index contributed by atoms with van der Waals surface area (Å²) in [6, 6.07) is 17.7. The molecular formula is C21H18ClN3O4. The summed E-state index contributed by atoms with van der Waals surface area (Å²) in [5.41, 5.74) is 1.35. The predicted molar refractivity (Wildman–Crippen MR) is 109 cm³/mol. The number of carboxylic acids is 1. The second-order valence-electron chi connectivity index (χ2n) is 6.34. The number of amides is 1. The van der Waals surface area contributed by atoms with Crippen molar-refractivity contribution >= 4 is 23.5 Å². The highest BCUT2D eigenvalue weighted by Gasteiger charge is 2.21. The number of nitrogens with one attached hydrogen (secondary N) is 1. The molecule has 0 spiro atoms. The van der Waals surface area contributed by atoms with Crippen molar-refractivity contribution in [2.75, 3.05) is 0 Å². The third-order valence-electron chi connectivity index (χ3n) is 4.23. The van der Waals surface area contributed by atoms with E-state index >= 15 is 0 Å². The van der Waals surface area contributed by atoms with E-state index in [4.69, 9.17) is 11.6 Å². The van der Waals surface area contributed by atoms with Gasteiger partial charge < -0.3 is 10.4 Å². The Morgan fingerprint density at radius 3 is 2.41 bits per heavy atom. The molecule has 1 unspecified atom stereocenters. The molecule has 1 atom stereocenters. The van der Waals surface area contributed by atoms with E-state index in [1.807, 2.05) is 6.07 Å². The zero-order chi connectivity index (χ0) is 20.8. The average Bonchev–Trinajstić information content (AvgIpc) is 2.70. The van der Waals surface area contributed by atoms with Gasteiger partial charge in [-0.3, -0.25) is 9.59 Å². The molecule has 0 bridgehead atoms. The van der Waals surface area contributed by atoms with E-state index in [1.165, 1.54) is 12.1 Å². The zero-order valence-electron chi connectivity index (χ0n) is 15.3. The van der Waals surface area contributed by atoms with E-state index in [-0.39, 0.29) is 6.42 Å². The highest BCUT2D eigenvalue weighted by atomic mass is 35.5. The van der Waals surface area contributed by atoms with Crippen LogP contribution < -0.4 is 10.9 Å². The number of aromatic nitrogens is 2. The van der Waals surface area contributed by atoms with E-state index < -0.39 is 30.0 Å². The highest BCUT2D eigenvalue weighted by Crippen LogP contribution is 2.24. The normalized spacial score (nSPS) is 11.6. The Morgan fingerprint density at radius 1 is 1.03 bits per heavy atom. The van der Waals surface area contributed by atoms with Crippen LogP contribution in [0.2, 0.25) is 5.02 Å². The van der Waals surface area contributed by atoms with Gasteiger partial charge in [0.25, 0.3) is 5.56 Å². The maximum absolute atomic E-state index is 12.4. The molecule has 3 aromatic rings. The van der Waals surface area contributed by atoms with E-state index in [0.717, 1.165) is 10.2 Å². The first-order valence-corrected chi connectivity index (χ1v) is 9.21. The summed E-state index contributed by atoms with van der Waals surface area (Å²) < 4.78 is 0.982. The second-order valence-corrected chi connectivity index (χ2v) is 6.75. The van der Waals surface area contributed by atoms with Crippen LogP contribution in [0, 0.1) is 0 Å². The van der Waals surface area contributed by atoms with Crippen LogP contribution in [0.5, 0.6) is 0 Å². The Kier molecular flexibility index (Phi) is 6.41.